The van der Waals surface area contributed by atoms with Crippen molar-refractivity contribution in [2.45, 2.75) is 25.5 Å². The molecule has 1 fully saturated rings. The maximum absolute atomic E-state index is 5.39. The van der Waals surface area contributed by atoms with Crippen molar-refractivity contribution >= 4 is 6.92 Å². The molecular weight excluding hydrogens is 135 g/mol. The SMILES string of the molecule is COB1CC2C=CCC(C1)C2. The van der Waals surface area contributed by atoms with E-state index in [1.54, 1.807) is 0 Å². The van der Waals surface area contributed by atoms with Crippen molar-refractivity contribution in [3.8, 4) is 0 Å². The smallest absolute Gasteiger partial charge is 0.293 e. The van der Waals surface area contributed by atoms with E-state index in [2.05, 4.69) is 12.2 Å². The second-order valence-corrected chi connectivity index (χ2v) is 3.85. The predicted octanol–water partition coefficient (Wildman–Crippen LogP) is 2.22. The molecule has 0 spiro atoms. The Hall–Kier alpha value is -0.235. The van der Waals surface area contributed by atoms with E-state index in [1.165, 1.54) is 25.5 Å². The Morgan fingerprint density at radius 1 is 1.45 bits per heavy atom. The summed E-state index contributed by atoms with van der Waals surface area (Å²) in [5.41, 5.74) is 0. The summed E-state index contributed by atoms with van der Waals surface area (Å²) in [6.07, 6.45) is 9.97. The molecule has 1 heterocycles. The Bertz CT molecular complexity index is 167. The third kappa shape index (κ3) is 1.51. The van der Waals surface area contributed by atoms with Gasteiger partial charge in [-0.05, 0) is 37.3 Å². The topological polar surface area (TPSA) is 9.23 Å². The van der Waals surface area contributed by atoms with Crippen molar-refractivity contribution in [3.63, 3.8) is 0 Å². The molecule has 1 nitrogen and oxygen atoms in total. The molecule has 1 aliphatic heterocycles. The molecule has 1 saturated heterocycles. The molecule has 0 aromatic carbocycles. The molecule has 2 atom stereocenters. The Morgan fingerprint density at radius 2 is 2.36 bits per heavy atom. The monoisotopic (exact) mass is 150 g/mol. The van der Waals surface area contributed by atoms with Gasteiger partial charge in [-0.3, -0.25) is 0 Å². The fraction of sp³-hybridized carbons (Fsp3) is 0.778. The van der Waals surface area contributed by atoms with E-state index in [4.69, 9.17) is 4.65 Å². The van der Waals surface area contributed by atoms with E-state index in [-0.39, 0.29) is 0 Å². The van der Waals surface area contributed by atoms with E-state index in [9.17, 15) is 0 Å². The molecule has 0 radical (unpaired) electrons. The molecule has 2 bridgehead atoms. The van der Waals surface area contributed by atoms with Gasteiger partial charge < -0.3 is 4.65 Å². The van der Waals surface area contributed by atoms with E-state index < -0.39 is 0 Å². The lowest BCUT2D eigenvalue weighted by Crippen LogP contribution is -2.31. The number of hydrogen-bond donors (Lipinski definition) is 0. The van der Waals surface area contributed by atoms with Crippen LogP contribution in [0.15, 0.2) is 12.2 Å². The minimum atomic E-state index is 0.545. The van der Waals surface area contributed by atoms with Gasteiger partial charge in [0, 0.05) is 7.11 Å². The highest BCUT2D eigenvalue weighted by atomic mass is 16.4. The van der Waals surface area contributed by atoms with Crippen LogP contribution in [-0.4, -0.2) is 14.0 Å². The lowest BCUT2D eigenvalue weighted by molar-refractivity contribution is 0.346. The van der Waals surface area contributed by atoms with Crippen molar-refractivity contribution in [1.29, 1.82) is 0 Å². The van der Waals surface area contributed by atoms with Crippen LogP contribution in [0.25, 0.3) is 0 Å². The predicted molar refractivity (Wildman–Crippen MR) is 47.7 cm³/mol. The van der Waals surface area contributed by atoms with Crippen LogP contribution < -0.4 is 0 Å². The zero-order valence-electron chi connectivity index (χ0n) is 7.12. The van der Waals surface area contributed by atoms with Gasteiger partial charge in [-0.15, -0.1) is 0 Å². The summed E-state index contributed by atoms with van der Waals surface area (Å²) in [6, 6.07) is 0. The van der Waals surface area contributed by atoms with Crippen molar-refractivity contribution in [2.24, 2.45) is 11.8 Å². The van der Waals surface area contributed by atoms with Gasteiger partial charge in [0.15, 0.2) is 0 Å². The molecular formula is C9H15BO. The van der Waals surface area contributed by atoms with Crippen LogP contribution in [-0.2, 0) is 4.65 Å². The molecule has 0 amide bonds. The van der Waals surface area contributed by atoms with Crippen LogP contribution in [0.4, 0.5) is 0 Å². The van der Waals surface area contributed by atoms with Gasteiger partial charge in [0.1, 0.15) is 0 Å². The first kappa shape index (κ1) is 7.42. The highest BCUT2D eigenvalue weighted by Crippen LogP contribution is 2.36. The van der Waals surface area contributed by atoms with E-state index in [1.807, 2.05) is 7.11 Å². The Morgan fingerprint density at radius 3 is 3.09 bits per heavy atom. The first-order valence-corrected chi connectivity index (χ1v) is 4.58. The van der Waals surface area contributed by atoms with Crippen LogP contribution in [0, 0.1) is 11.8 Å². The molecule has 2 aliphatic rings. The molecule has 60 valence electrons. The summed E-state index contributed by atoms with van der Waals surface area (Å²) in [5, 5.41) is 0. The summed E-state index contributed by atoms with van der Waals surface area (Å²) in [7, 11) is 1.84. The largest absolute Gasteiger partial charge is 0.438 e. The fourth-order valence-electron chi connectivity index (χ4n) is 2.43. The molecule has 2 rings (SSSR count). The van der Waals surface area contributed by atoms with E-state index >= 15 is 0 Å². The quantitative estimate of drug-likeness (QED) is 0.411. The van der Waals surface area contributed by atoms with Crippen molar-refractivity contribution in [3.05, 3.63) is 12.2 Å². The van der Waals surface area contributed by atoms with Gasteiger partial charge in [-0.1, -0.05) is 12.2 Å². The zero-order chi connectivity index (χ0) is 7.68. The summed E-state index contributed by atoms with van der Waals surface area (Å²) in [5.74, 6) is 1.75. The molecule has 2 unspecified atom stereocenters. The van der Waals surface area contributed by atoms with Crippen molar-refractivity contribution in [2.75, 3.05) is 7.11 Å². The Labute approximate surface area is 68.9 Å². The minimum absolute atomic E-state index is 0.545. The average Bonchev–Trinajstić information content (AvgIpc) is 2.03. The first-order chi connectivity index (χ1) is 5.38. The molecule has 1 aliphatic carbocycles. The molecule has 0 N–H and O–H groups in total. The Kier molecular flexibility index (Phi) is 2.03. The van der Waals surface area contributed by atoms with Crippen LogP contribution in [0.3, 0.4) is 0 Å². The lowest BCUT2D eigenvalue weighted by Gasteiger charge is -2.33. The first-order valence-electron chi connectivity index (χ1n) is 4.58. The molecule has 2 heteroatoms. The summed E-state index contributed by atoms with van der Waals surface area (Å²) < 4.78 is 5.39. The van der Waals surface area contributed by atoms with Crippen LogP contribution in [0.1, 0.15) is 12.8 Å². The lowest BCUT2D eigenvalue weighted by atomic mass is 9.48. The maximum atomic E-state index is 5.39. The number of rotatable bonds is 1. The summed E-state index contributed by atoms with van der Waals surface area (Å²) in [4.78, 5) is 0. The van der Waals surface area contributed by atoms with E-state index in [0.717, 1.165) is 11.8 Å². The van der Waals surface area contributed by atoms with Gasteiger partial charge in [-0.2, -0.15) is 0 Å². The van der Waals surface area contributed by atoms with Gasteiger partial charge in [0.05, 0.1) is 0 Å². The third-order valence-corrected chi connectivity index (χ3v) is 3.01. The number of allylic oxidation sites excluding steroid dienone is 2. The second kappa shape index (κ2) is 3.02. The minimum Gasteiger partial charge on any atom is -0.438 e. The fourth-order valence-corrected chi connectivity index (χ4v) is 2.43. The molecule has 0 aromatic rings. The maximum Gasteiger partial charge on any atom is 0.293 e. The van der Waals surface area contributed by atoms with Crippen molar-refractivity contribution in [1.82, 2.24) is 0 Å². The summed E-state index contributed by atoms with van der Waals surface area (Å²) in [6.45, 7) is 0.545. The summed E-state index contributed by atoms with van der Waals surface area (Å²) >= 11 is 0. The highest BCUT2D eigenvalue weighted by molar-refractivity contribution is 6.52. The third-order valence-electron chi connectivity index (χ3n) is 3.01. The Balaban J connectivity index is 2.02. The van der Waals surface area contributed by atoms with E-state index in [0.29, 0.717) is 6.92 Å². The van der Waals surface area contributed by atoms with Crippen LogP contribution >= 0.6 is 0 Å². The molecule has 0 saturated carbocycles. The average molecular weight is 150 g/mol. The standard InChI is InChI=1S/C9H15BO/c1-11-10-6-8-3-2-4-9(5-8)7-10/h2-3,8-9H,4-7H2,1H3. The second-order valence-electron chi connectivity index (χ2n) is 3.85. The van der Waals surface area contributed by atoms with Crippen LogP contribution in [0.2, 0.25) is 12.6 Å². The van der Waals surface area contributed by atoms with Crippen molar-refractivity contribution < 1.29 is 4.65 Å². The van der Waals surface area contributed by atoms with Gasteiger partial charge in [-0.25, -0.2) is 0 Å². The number of fused-ring (bicyclic) bond motifs is 2. The van der Waals surface area contributed by atoms with Crippen LogP contribution in [0.5, 0.6) is 0 Å². The molecule has 11 heavy (non-hydrogen) atoms. The van der Waals surface area contributed by atoms with Gasteiger partial charge in [0.25, 0.3) is 6.92 Å². The van der Waals surface area contributed by atoms with Gasteiger partial charge >= 0.3 is 0 Å². The highest BCUT2D eigenvalue weighted by Gasteiger charge is 2.31. The zero-order valence-corrected chi connectivity index (χ0v) is 7.12. The number of hydrogen-bond acceptors (Lipinski definition) is 1. The van der Waals surface area contributed by atoms with Gasteiger partial charge in [0.2, 0.25) is 0 Å². The molecule has 0 aromatic heterocycles. The normalized spacial score (nSPS) is 35.9.